The summed E-state index contributed by atoms with van der Waals surface area (Å²) in [5, 5.41) is 23.2. The summed E-state index contributed by atoms with van der Waals surface area (Å²) in [5.74, 6) is 0. The van der Waals surface area contributed by atoms with Crippen LogP contribution in [0.2, 0.25) is 0 Å². The summed E-state index contributed by atoms with van der Waals surface area (Å²) in [6, 6.07) is 3.57. The molecule has 4 nitrogen and oxygen atoms in total. The lowest BCUT2D eigenvalue weighted by Crippen LogP contribution is -2.30. The van der Waals surface area contributed by atoms with Crippen LogP contribution in [0.5, 0.6) is 0 Å². The van der Waals surface area contributed by atoms with E-state index in [1.54, 1.807) is 16.9 Å². The molecule has 0 spiro atoms. The van der Waals surface area contributed by atoms with Crippen molar-refractivity contribution in [2.45, 2.75) is 6.92 Å². The predicted octanol–water partition coefficient (Wildman–Crippen LogP) is -0.438. The van der Waals surface area contributed by atoms with Crippen molar-refractivity contribution < 1.29 is 10.0 Å². The Morgan fingerprint density at radius 1 is 1.36 bits per heavy atom. The van der Waals surface area contributed by atoms with Crippen LogP contribution in [0.25, 0.3) is 10.9 Å². The number of hydrogen-bond donors (Lipinski definition) is 2. The summed E-state index contributed by atoms with van der Waals surface area (Å²) in [7, 11) is 0.394. The SMILES string of the molecule is Cc1ccc(B(O)O)c2cnn(C)c12. The molecule has 0 saturated carbocycles. The summed E-state index contributed by atoms with van der Waals surface area (Å²) >= 11 is 0. The molecule has 0 aliphatic heterocycles. The molecule has 5 heteroatoms. The summed E-state index contributed by atoms with van der Waals surface area (Å²) in [4.78, 5) is 0. The first kappa shape index (κ1) is 9.24. The topological polar surface area (TPSA) is 58.3 Å². The lowest BCUT2D eigenvalue weighted by Gasteiger charge is -2.04. The maximum absolute atomic E-state index is 9.14. The first-order valence-corrected chi connectivity index (χ1v) is 4.38. The third kappa shape index (κ3) is 1.22. The van der Waals surface area contributed by atoms with Crippen LogP contribution in [0.1, 0.15) is 5.56 Å². The van der Waals surface area contributed by atoms with Gasteiger partial charge >= 0.3 is 7.12 Å². The van der Waals surface area contributed by atoms with Gasteiger partial charge in [0.25, 0.3) is 0 Å². The Morgan fingerprint density at radius 3 is 2.71 bits per heavy atom. The van der Waals surface area contributed by atoms with Gasteiger partial charge in [-0.15, -0.1) is 0 Å². The lowest BCUT2D eigenvalue weighted by atomic mass is 9.78. The van der Waals surface area contributed by atoms with Crippen LogP contribution in [0.15, 0.2) is 18.3 Å². The first-order chi connectivity index (χ1) is 6.61. The van der Waals surface area contributed by atoms with Gasteiger partial charge in [0.1, 0.15) is 0 Å². The summed E-state index contributed by atoms with van der Waals surface area (Å²) in [6.07, 6.45) is 1.65. The number of benzene rings is 1. The molecular weight excluding hydrogens is 179 g/mol. The smallest absolute Gasteiger partial charge is 0.423 e. The second kappa shape index (κ2) is 3.11. The van der Waals surface area contributed by atoms with Crippen molar-refractivity contribution in [3.8, 4) is 0 Å². The van der Waals surface area contributed by atoms with E-state index in [2.05, 4.69) is 5.10 Å². The molecule has 0 radical (unpaired) electrons. The van der Waals surface area contributed by atoms with Crippen LogP contribution in [0, 0.1) is 6.92 Å². The standard InChI is InChI=1S/C9H11BN2O2/c1-6-3-4-8(10(13)14)7-5-11-12(2)9(6)7/h3-5,13-14H,1-2H3. The Hall–Kier alpha value is -1.33. The quantitative estimate of drug-likeness (QED) is 0.599. The van der Waals surface area contributed by atoms with Crippen molar-refractivity contribution >= 4 is 23.5 Å². The van der Waals surface area contributed by atoms with E-state index in [0.717, 1.165) is 16.5 Å². The minimum absolute atomic E-state index is 0.499. The molecule has 2 rings (SSSR count). The summed E-state index contributed by atoms with van der Waals surface area (Å²) in [6.45, 7) is 1.97. The zero-order chi connectivity index (χ0) is 10.3. The number of hydrogen-bond acceptors (Lipinski definition) is 3. The van der Waals surface area contributed by atoms with Gasteiger partial charge in [-0.3, -0.25) is 4.68 Å². The highest BCUT2D eigenvalue weighted by atomic mass is 16.4. The van der Waals surface area contributed by atoms with Gasteiger partial charge in [-0.2, -0.15) is 5.10 Å². The van der Waals surface area contributed by atoms with E-state index in [-0.39, 0.29) is 0 Å². The van der Waals surface area contributed by atoms with Gasteiger partial charge in [-0.1, -0.05) is 12.1 Å². The van der Waals surface area contributed by atoms with Crippen LogP contribution in [0.3, 0.4) is 0 Å². The molecule has 0 aliphatic carbocycles. The molecule has 1 aromatic carbocycles. The van der Waals surface area contributed by atoms with Gasteiger partial charge in [0, 0.05) is 12.4 Å². The molecule has 0 unspecified atom stereocenters. The van der Waals surface area contributed by atoms with E-state index < -0.39 is 7.12 Å². The predicted molar refractivity (Wildman–Crippen MR) is 55.3 cm³/mol. The molecule has 0 aliphatic rings. The van der Waals surface area contributed by atoms with E-state index in [0.29, 0.717) is 5.46 Å². The third-order valence-corrected chi connectivity index (χ3v) is 2.41. The highest BCUT2D eigenvalue weighted by molar-refractivity contribution is 6.61. The normalized spacial score (nSPS) is 10.9. The molecule has 0 atom stereocenters. The van der Waals surface area contributed by atoms with Crippen LogP contribution in [0.4, 0.5) is 0 Å². The van der Waals surface area contributed by atoms with Crippen LogP contribution in [-0.2, 0) is 7.05 Å². The number of rotatable bonds is 1. The molecule has 0 bridgehead atoms. The lowest BCUT2D eigenvalue weighted by molar-refractivity contribution is 0.426. The van der Waals surface area contributed by atoms with Crippen molar-refractivity contribution in [2.24, 2.45) is 7.05 Å². The first-order valence-electron chi connectivity index (χ1n) is 4.38. The number of aromatic nitrogens is 2. The monoisotopic (exact) mass is 190 g/mol. The average Bonchev–Trinajstić information content (AvgIpc) is 2.49. The highest BCUT2D eigenvalue weighted by Gasteiger charge is 2.17. The maximum atomic E-state index is 9.14. The molecule has 1 aromatic heterocycles. The van der Waals surface area contributed by atoms with Crippen molar-refractivity contribution in [1.82, 2.24) is 9.78 Å². The molecule has 0 amide bonds. The molecule has 14 heavy (non-hydrogen) atoms. The van der Waals surface area contributed by atoms with Gasteiger partial charge < -0.3 is 10.0 Å². The fraction of sp³-hybridized carbons (Fsp3) is 0.222. The third-order valence-electron chi connectivity index (χ3n) is 2.41. The molecule has 0 saturated heterocycles. The summed E-state index contributed by atoms with van der Waals surface area (Å²) < 4.78 is 1.73. The van der Waals surface area contributed by atoms with E-state index in [1.165, 1.54) is 0 Å². The van der Waals surface area contributed by atoms with E-state index >= 15 is 0 Å². The highest BCUT2D eigenvalue weighted by Crippen LogP contribution is 2.15. The second-order valence-corrected chi connectivity index (χ2v) is 3.38. The van der Waals surface area contributed by atoms with Gasteiger partial charge in [0.05, 0.1) is 11.7 Å². The van der Waals surface area contributed by atoms with Crippen molar-refractivity contribution in [3.05, 3.63) is 23.9 Å². The molecule has 2 aromatic rings. The van der Waals surface area contributed by atoms with Crippen molar-refractivity contribution in [1.29, 1.82) is 0 Å². The Balaban J connectivity index is 2.83. The number of aryl methyl sites for hydroxylation is 2. The van der Waals surface area contributed by atoms with Crippen molar-refractivity contribution in [3.63, 3.8) is 0 Å². The molecule has 0 fully saturated rings. The van der Waals surface area contributed by atoms with Crippen molar-refractivity contribution in [2.75, 3.05) is 0 Å². The van der Waals surface area contributed by atoms with Gasteiger partial charge in [-0.05, 0) is 17.9 Å². The minimum atomic E-state index is -1.44. The molecule has 72 valence electrons. The number of nitrogens with zero attached hydrogens (tertiary/aromatic N) is 2. The Bertz CT molecular complexity index is 479. The average molecular weight is 190 g/mol. The second-order valence-electron chi connectivity index (χ2n) is 3.38. The molecule has 2 N–H and O–H groups in total. The number of fused-ring (bicyclic) bond motifs is 1. The van der Waals surface area contributed by atoms with Crippen LogP contribution >= 0.6 is 0 Å². The largest absolute Gasteiger partial charge is 0.489 e. The fourth-order valence-corrected chi connectivity index (χ4v) is 1.73. The molecule has 1 heterocycles. The van der Waals surface area contributed by atoms with Crippen LogP contribution < -0.4 is 5.46 Å². The minimum Gasteiger partial charge on any atom is -0.423 e. The van der Waals surface area contributed by atoms with Gasteiger partial charge in [-0.25, -0.2) is 0 Å². The zero-order valence-electron chi connectivity index (χ0n) is 8.10. The summed E-state index contributed by atoms with van der Waals surface area (Å²) in [5.41, 5.74) is 2.51. The zero-order valence-corrected chi connectivity index (χ0v) is 8.10. The van der Waals surface area contributed by atoms with E-state index in [1.807, 2.05) is 20.0 Å². The van der Waals surface area contributed by atoms with E-state index in [4.69, 9.17) is 10.0 Å². The van der Waals surface area contributed by atoms with Crippen LogP contribution in [-0.4, -0.2) is 26.9 Å². The Morgan fingerprint density at radius 2 is 2.07 bits per heavy atom. The Kier molecular flexibility index (Phi) is 2.05. The van der Waals surface area contributed by atoms with Gasteiger partial charge in [0.2, 0.25) is 0 Å². The van der Waals surface area contributed by atoms with E-state index in [9.17, 15) is 0 Å². The maximum Gasteiger partial charge on any atom is 0.489 e. The molecular formula is C9H11BN2O2. The fourth-order valence-electron chi connectivity index (χ4n) is 1.73. The Labute approximate surface area is 81.9 Å². The van der Waals surface area contributed by atoms with Gasteiger partial charge in [0.15, 0.2) is 0 Å².